The summed E-state index contributed by atoms with van der Waals surface area (Å²) >= 11 is 0. The molecule has 47 valence electrons. The third-order valence-electron chi connectivity index (χ3n) is 0.782. The molecule has 0 atom stereocenters. The lowest BCUT2D eigenvalue weighted by Gasteiger charge is -1.86. The van der Waals surface area contributed by atoms with E-state index < -0.39 is 0 Å². The van der Waals surface area contributed by atoms with Crippen LogP contribution in [-0.4, -0.2) is 26.2 Å². The van der Waals surface area contributed by atoms with Crippen molar-refractivity contribution < 1.29 is 5.21 Å². The molecule has 9 heavy (non-hydrogen) atoms. The molecule has 0 saturated heterocycles. The molecule has 5 heteroatoms. The zero-order chi connectivity index (χ0) is 6.53. The molecule has 1 rings (SSSR count). The van der Waals surface area contributed by atoms with Crippen molar-refractivity contribution in [3.8, 4) is 0 Å². The van der Waals surface area contributed by atoms with E-state index in [2.05, 4.69) is 21.7 Å². The normalized spacial score (nSPS) is 10.7. The fourth-order valence-corrected chi connectivity index (χ4v) is 0.410. The first-order valence-corrected chi connectivity index (χ1v) is 2.35. The van der Waals surface area contributed by atoms with Crippen LogP contribution in [0.4, 0.5) is 0 Å². The molecule has 0 saturated carbocycles. The van der Waals surface area contributed by atoms with Crippen LogP contribution in [-0.2, 0) is 6.54 Å². The van der Waals surface area contributed by atoms with Crippen LogP contribution in [0, 0.1) is 6.33 Å². The summed E-state index contributed by atoms with van der Waals surface area (Å²) in [6, 6.07) is 0. The van der Waals surface area contributed by atoms with Gasteiger partial charge in [0.1, 0.15) is 6.33 Å². The Morgan fingerprint density at radius 3 is 3.33 bits per heavy atom. The van der Waals surface area contributed by atoms with Crippen molar-refractivity contribution in [3.63, 3.8) is 0 Å². The predicted molar refractivity (Wildman–Crippen MR) is 29.1 cm³/mol. The maximum atomic E-state index is 7.97. The molecule has 0 aliphatic rings. The highest BCUT2D eigenvalue weighted by Crippen LogP contribution is 1.75. The van der Waals surface area contributed by atoms with Gasteiger partial charge < -0.3 is 9.77 Å². The van der Waals surface area contributed by atoms with Gasteiger partial charge in [-0.05, 0) is 0 Å². The maximum Gasteiger partial charge on any atom is 0.202 e. The molecule has 5 nitrogen and oxygen atoms in total. The molecule has 1 heterocycles. The standard InChI is InChI=1S/C4H5N4O/c9-7-1-2-8-3-5-6-4-8/h1,3,9H,2H2/b7-1+. The number of hydrogen-bond donors (Lipinski definition) is 1. The second-order valence-electron chi connectivity index (χ2n) is 1.38. The molecule has 0 bridgehead atoms. The molecule has 0 amide bonds. The molecule has 1 aromatic rings. The predicted octanol–water partition coefficient (Wildman–Crippen LogP) is -0.462. The molecule has 1 aromatic heterocycles. The Kier molecular flexibility index (Phi) is 1.79. The van der Waals surface area contributed by atoms with Crippen LogP contribution in [0.5, 0.6) is 0 Å². The lowest BCUT2D eigenvalue weighted by Crippen LogP contribution is -1.94. The van der Waals surface area contributed by atoms with Gasteiger partial charge in [-0.3, -0.25) is 0 Å². The number of aromatic nitrogens is 3. The Bertz CT molecular complexity index is 180. The molecular weight excluding hydrogens is 120 g/mol. The van der Waals surface area contributed by atoms with Gasteiger partial charge in [0, 0.05) is 0 Å². The molecule has 0 fully saturated rings. The molecule has 1 radical (unpaired) electrons. The van der Waals surface area contributed by atoms with Crippen LogP contribution in [0.15, 0.2) is 11.5 Å². The SMILES string of the molecule is O/N=C/Cn1[c]nnc1. The summed E-state index contributed by atoms with van der Waals surface area (Å²) in [5.74, 6) is 0. The van der Waals surface area contributed by atoms with E-state index in [4.69, 9.17) is 5.21 Å². The molecule has 0 spiro atoms. The van der Waals surface area contributed by atoms with Gasteiger partial charge in [-0.2, -0.15) is 0 Å². The molecule has 0 aliphatic heterocycles. The van der Waals surface area contributed by atoms with E-state index >= 15 is 0 Å². The Morgan fingerprint density at radius 2 is 2.78 bits per heavy atom. The van der Waals surface area contributed by atoms with Crippen LogP contribution < -0.4 is 0 Å². The number of hydrogen-bond acceptors (Lipinski definition) is 4. The first kappa shape index (κ1) is 5.74. The van der Waals surface area contributed by atoms with Crippen LogP contribution in [0.25, 0.3) is 0 Å². The zero-order valence-electron chi connectivity index (χ0n) is 4.60. The number of nitrogens with zero attached hydrogens (tertiary/aromatic N) is 4. The van der Waals surface area contributed by atoms with Crippen molar-refractivity contribution >= 4 is 6.21 Å². The lowest BCUT2D eigenvalue weighted by molar-refractivity contribution is 0.320. The Labute approximate surface area is 51.6 Å². The molecule has 0 aliphatic carbocycles. The van der Waals surface area contributed by atoms with E-state index in [1.807, 2.05) is 0 Å². The maximum absolute atomic E-state index is 7.97. The van der Waals surface area contributed by atoms with E-state index in [1.165, 1.54) is 12.5 Å². The average Bonchev–Trinajstić information content (AvgIpc) is 2.34. The second-order valence-corrected chi connectivity index (χ2v) is 1.38. The first-order chi connectivity index (χ1) is 4.43. The molecule has 1 N–H and O–H groups in total. The van der Waals surface area contributed by atoms with Crippen molar-refractivity contribution in [2.24, 2.45) is 5.16 Å². The van der Waals surface area contributed by atoms with Crippen molar-refractivity contribution in [2.45, 2.75) is 6.54 Å². The van der Waals surface area contributed by atoms with Crippen molar-refractivity contribution in [2.75, 3.05) is 0 Å². The Morgan fingerprint density at radius 1 is 1.89 bits per heavy atom. The summed E-state index contributed by atoms with van der Waals surface area (Å²) in [5, 5.41) is 17.7. The van der Waals surface area contributed by atoms with Crippen LogP contribution >= 0.6 is 0 Å². The summed E-state index contributed by atoms with van der Waals surface area (Å²) in [6.45, 7) is 0.448. The van der Waals surface area contributed by atoms with E-state index in [0.717, 1.165) is 0 Å². The Hall–Kier alpha value is -1.39. The Balaban J connectivity index is 2.48. The van der Waals surface area contributed by atoms with E-state index in [1.54, 1.807) is 4.57 Å². The van der Waals surface area contributed by atoms with Crippen molar-refractivity contribution in [1.82, 2.24) is 14.8 Å². The lowest BCUT2D eigenvalue weighted by atomic mass is 10.7. The summed E-state index contributed by atoms with van der Waals surface area (Å²) in [6.07, 6.45) is 5.33. The summed E-state index contributed by atoms with van der Waals surface area (Å²) in [5.41, 5.74) is 0. The highest BCUT2D eigenvalue weighted by atomic mass is 16.4. The monoisotopic (exact) mass is 125 g/mol. The van der Waals surface area contributed by atoms with Gasteiger partial charge in [0.2, 0.25) is 6.33 Å². The van der Waals surface area contributed by atoms with Crippen molar-refractivity contribution in [1.29, 1.82) is 0 Å². The molecule has 0 aromatic carbocycles. The third-order valence-corrected chi connectivity index (χ3v) is 0.782. The minimum absolute atomic E-state index is 0.448. The first-order valence-electron chi connectivity index (χ1n) is 2.35. The quantitative estimate of drug-likeness (QED) is 0.330. The smallest absolute Gasteiger partial charge is 0.202 e. The van der Waals surface area contributed by atoms with Crippen LogP contribution in [0.3, 0.4) is 0 Å². The van der Waals surface area contributed by atoms with E-state index in [-0.39, 0.29) is 0 Å². The third kappa shape index (κ3) is 1.52. The van der Waals surface area contributed by atoms with Gasteiger partial charge >= 0.3 is 0 Å². The van der Waals surface area contributed by atoms with Gasteiger partial charge in [-0.25, -0.2) is 0 Å². The topological polar surface area (TPSA) is 63.3 Å². The molecular formula is C4H5N4O. The highest BCUT2D eigenvalue weighted by molar-refractivity contribution is 5.55. The van der Waals surface area contributed by atoms with Gasteiger partial charge in [0.15, 0.2) is 0 Å². The van der Waals surface area contributed by atoms with E-state index in [9.17, 15) is 0 Å². The number of rotatable bonds is 2. The zero-order valence-corrected chi connectivity index (χ0v) is 4.60. The minimum atomic E-state index is 0.448. The van der Waals surface area contributed by atoms with Gasteiger partial charge in [0.05, 0.1) is 12.8 Å². The fourth-order valence-electron chi connectivity index (χ4n) is 0.410. The van der Waals surface area contributed by atoms with Crippen LogP contribution in [0.2, 0.25) is 0 Å². The highest BCUT2D eigenvalue weighted by Gasteiger charge is 1.84. The second kappa shape index (κ2) is 2.81. The summed E-state index contributed by atoms with van der Waals surface area (Å²) in [7, 11) is 0. The van der Waals surface area contributed by atoms with Crippen molar-refractivity contribution in [3.05, 3.63) is 12.7 Å². The summed E-state index contributed by atoms with van der Waals surface area (Å²) in [4.78, 5) is 0. The van der Waals surface area contributed by atoms with Gasteiger partial charge in [0.25, 0.3) is 0 Å². The summed E-state index contributed by atoms with van der Waals surface area (Å²) < 4.78 is 1.56. The van der Waals surface area contributed by atoms with Crippen LogP contribution in [0.1, 0.15) is 0 Å². The fraction of sp³-hybridized carbons (Fsp3) is 0.250. The van der Waals surface area contributed by atoms with Gasteiger partial charge in [-0.1, -0.05) is 0 Å². The number of oxime groups is 1. The van der Waals surface area contributed by atoms with E-state index in [0.29, 0.717) is 6.54 Å². The molecule has 0 unspecified atom stereocenters. The van der Waals surface area contributed by atoms with Gasteiger partial charge in [-0.15, -0.1) is 15.4 Å². The minimum Gasteiger partial charge on any atom is -0.411 e. The average molecular weight is 125 g/mol. The largest absolute Gasteiger partial charge is 0.411 e.